The Hall–Kier alpha value is -1.09. The van der Waals surface area contributed by atoms with E-state index in [2.05, 4.69) is 12.2 Å². The van der Waals surface area contributed by atoms with E-state index < -0.39 is 0 Å². The Kier molecular flexibility index (Phi) is 5.20. The van der Waals surface area contributed by atoms with Crippen LogP contribution >= 0.6 is 0 Å². The van der Waals surface area contributed by atoms with Crippen molar-refractivity contribution in [3.63, 3.8) is 0 Å². The number of hydrogen-bond donors (Lipinski definition) is 1. The molecular weight excluding hydrogens is 241 g/mol. The van der Waals surface area contributed by atoms with Crippen molar-refractivity contribution in [3.8, 4) is 5.75 Å². The number of hydrogen-bond acceptors (Lipinski definition) is 2. The number of rotatable bonds is 5. The normalized spacial score (nSPS) is 23.3. The molecule has 0 saturated heterocycles. The zero-order chi connectivity index (χ0) is 13.7. The minimum atomic E-state index is -0.236. The van der Waals surface area contributed by atoms with Gasteiger partial charge in [0, 0.05) is 18.2 Å². The molecule has 106 valence electrons. The van der Waals surface area contributed by atoms with Crippen LogP contribution in [0.5, 0.6) is 5.75 Å². The van der Waals surface area contributed by atoms with Gasteiger partial charge >= 0.3 is 0 Å². The second-order valence-corrected chi connectivity index (χ2v) is 5.45. The molecule has 0 amide bonds. The quantitative estimate of drug-likeness (QED) is 0.872. The monoisotopic (exact) mass is 265 g/mol. The molecule has 1 aromatic rings. The number of halogens is 1. The molecule has 1 saturated carbocycles. The fraction of sp³-hybridized carbons (Fsp3) is 0.625. The van der Waals surface area contributed by atoms with E-state index in [1.807, 2.05) is 12.1 Å². The molecule has 2 atom stereocenters. The van der Waals surface area contributed by atoms with Crippen LogP contribution in [0.4, 0.5) is 4.39 Å². The molecule has 1 aliphatic carbocycles. The summed E-state index contributed by atoms with van der Waals surface area (Å²) in [5.41, 5.74) is 0.693. The average molecular weight is 265 g/mol. The van der Waals surface area contributed by atoms with Gasteiger partial charge in [0.1, 0.15) is 0 Å². The summed E-state index contributed by atoms with van der Waals surface area (Å²) < 4.78 is 19.0. The van der Waals surface area contributed by atoms with Crippen LogP contribution in [0.1, 0.15) is 44.6 Å². The van der Waals surface area contributed by atoms with Crippen molar-refractivity contribution in [2.24, 2.45) is 5.92 Å². The van der Waals surface area contributed by atoms with E-state index >= 15 is 0 Å². The van der Waals surface area contributed by atoms with E-state index in [-0.39, 0.29) is 5.82 Å². The summed E-state index contributed by atoms with van der Waals surface area (Å²) in [5.74, 6) is 0.927. The largest absolute Gasteiger partial charge is 0.494 e. The van der Waals surface area contributed by atoms with Gasteiger partial charge in [0.25, 0.3) is 0 Å². The van der Waals surface area contributed by atoms with Crippen molar-refractivity contribution in [2.75, 3.05) is 7.11 Å². The maximum absolute atomic E-state index is 14.0. The zero-order valence-electron chi connectivity index (χ0n) is 11.9. The Labute approximate surface area is 115 Å². The lowest BCUT2D eigenvalue weighted by atomic mass is 9.84. The Morgan fingerprint density at radius 2 is 2.21 bits per heavy atom. The molecule has 1 N–H and O–H groups in total. The first-order valence-corrected chi connectivity index (χ1v) is 7.29. The van der Waals surface area contributed by atoms with Gasteiger partial charge in [-0.15, -0.1) is 0 Å². The Balaban J connectivity index is 1.91. The molecule has 0 heterocycles. The minimum absolute atomic E-state index is 0.236. The third-order valence-electron chi connectivity index (χ3n) is 4.20. The van der Waals surface area contributed by atoms with Gasteiger partial charge in [-0.2, -0.15) is 0 Å². The highest BCUT2D eigenvalue weighted by Gasteiger charge is 2.20. The Bertz CT molecular complexity index is 408. The van der Waals surface area contributed by atoms with Crippen LogP contribution in [-0.2, 0) is 6.54 Å². The second kappa shape index (κ2) is 6.90. The fourth-order valence-electron chi connectivity index (χ4n) is 2.95. The lowest BCUT2D eigenvalue weighted by Crippen LogP contribution is -2.33. The van der Waals surface area contributed by atoms with Gasteiger partial charge in [-0.1, -0.05) is 38.3 Å². The molecule has 0 aliphatic heterocycles. The van der Waals surface area contributed by atoms with Gasteiger partial charge < -0.3 is 10.1 Å². The van der Waals surface area contributed by atoms with Crippen LogP contribution in [0.15, 0.2) is 18.2 Å². The van der Waals surface area contributed by atoms with E-state index in [0.29, 0.717) is 23.9 Å². The van der Waals surface area contributed by atoms with Crippen LogP contribution in [0.3, 0.4) is 0 Å². The molecule has 19 heavy (non-hydrogen) atoms. The highest BCUT2D eigenvalue weighted by molar-refractivity contribution is 5.30. The van der Waals surface area contributed by atoms with Crippen molar-refractivity contribution in [2.45, 2.75) is 51.6 Å². The summed E-state index contributed by atoms with van der Waals surface area (Å²) in [6.07, 6.45) is 6.33. The Morgan fingerprint density at radius 3 is 2.95 bits per heavy atom. The number of nitrogens with one attached hydrogen (secondary N) is 1. The van der Waals surface area contributed by atoms with E-state index in [1.54, 1.807) is 6.07 Å². The lowest BCUT2D eigenvalue weighted by molar-refractivity contribution is 0.277. The van der Waals surface area contributed by atoms with Crippen molar-refractivity contribution in [1.82, 2.24) is 5.32 Å². The van der Waals surface area contributed by atoms with Crippen molar-refractivity contribution in [3.05, 3.63) is 29.6 Å². The van der Waals surface area contributed by atoms with Crippen molar-refractivity contribution < 1.29 is 9.13 Å². The molecule has 0 radical (unpaired) electrons. The SMILES string of the molecule is CCC1CCCC(NCc2cccc(OC)c2F)C1. The van der Waals surface area contributed by atoms with Crippen LogP contribution in [0.25, 0.3) is 0 Å². The standard InChI is InChI=1S/C16H24FNO/c1-3-12-6-4-8-14(10-12)18-11-13-7-5-9-15(19-2)16(13)17/h5,7,9,12,14,18H,3-4,6,8,10-11H2,1-2H3. The van der Waals surface area contributed by atoms with Gasteiger partial charge in [-0.25, -0.2) is 4.39 Å². The minimum Gasteiger partial charge on any atom is -0.494 e. The first-order chi connectivity index (χ1) is 9.24. The predicted molar refractivity (Wildman–Crippen MR) is 75.8 cm³/mol. The fourth-order valence-corrected chi connectivity index (χ4v) is 2.95. The van der Waals surface area contributed by atoms with E-state index in [4.69, 9.17) is 4.74 Å². The predicted octanol–water partition coefficient (Wildman–Crippen LogP) is 3.89. The summed E-state index contributed by atoms with van der Waals surface area (Å²) in [7, 11) is 1.50. The molecule has 1 aliphatic rings. The van der Waals surface area contributed by atoms with Crippen LogP contribution < -0.4 is 10.1 Å². The van der Waals surface area contributed by atoms with Gasteiger partial charge in [0.05, 0.1) is 7.11 Å². The van der Waals surface area contributed by atoms with E-state index in [1.165, 1.54) is 39.2 Å². The molecule has 0 spiro atoms. The summed E-state index contributed by atoms with van der Waals surface area (Å²) in [4.78, 5) is 0. The highest BCUT2D eigenvalue weighted by Crippen LogP contribution is 2.27. The topological polar surface area (TPSA) is 21.3 Å². The van der Waals surface area contributed by atoms with Crippen LogP contribution in [-0.4, -0.2) is 13.2 Å². The smallest absolute Gasteiger partial charge is 0.169 e. The van der Waals surface area contributed by atoms with Gasteiger partial charge in [-0.05, 0) is 24.8 Å². The molecule has 0 aromatic heterocycles. The highest BCUT2D eigenvalue weighted by atomic mass is 19.1. The first kappa shape index (κ1) is 14.3. The summed E-state index contributed by atoms with van der Waals surface area (Å²) in [6.45, 7) is 2.85. The first-order valence-electron chi connectivity index (χ1n) is 7.29. The summed E-state index contributed by atoms with van der Waals surface area (Å²) in [6, 6.07) is 5.86. The third-order valence-corrected chi connectivity index (χ3v) is 4.20. The maximum Gasteiger partial charge on any atom is 0.169 e. The van der Waals surface area contributed by atoms with Crippen molar-refractivity contribution >= 4 is 0 Å². The molecule has 2 nitrogen and oxygen atoms in total. The number of benzene rings is 1. The van der Waals surface area contributed by atoms with Crippen LogP contribution in [0, 0.1) is 11.7 Å². The van der Waals surface area contributed by atoms with Crippen LogP contribution in [0.2, 0.25) is 0 Å². The Morgan fingerprint density at radius 1 is 1.37 bits per heavy atom. The van der Waals surface area contributed by atoms with Gasteiger partial charge in [0.15, 0.2) is 11.6 Å². The molecule has 1 fully saturated rings. The van der Waals surface area contributed by atoms with E-state index in [9.17, 15) is 4.39 Å². The molecular formula is C16H24FNO. The zero-order valence-corrected chi connectivity index (χ0v) is 11.9. The number of methoxy groups -OCH3 is 1. The maximum atomic E-state index is 14.0. The third kappa shape index (κ3) is 3.69. The van der Waals surface area contributed by atoms with Crippen molar-refractivity contribution in [1.29, 1.82) is 0 Å². The van der Waals surface area contributed by atoms with Gasteiger partial charge in [0.2, 0.25) is 0 Å². The number of ether oxygens (including phenoxy) is 1. The molecule has 1 aromatic carbocycles. The van der Waals surface area contributed by atoms with Gasteiger partial charge in [-0.3, -0.25) is 0 Å². The summed E-state index contributed by atoms with van der Waals surface area (Å²) in [5, 5.41) is 3.50. The second-order valence-electron chi connectivity index (χ2n) is 5.45. The van der Waals surface area contributed by atoms with E-state index in [0.717, 1.165) is 5.92 Å². The lowest BCUT2D eigenvalue weighted by Gasteiger charge is -2.29. The molecule has 0 bridgehead atoms. The molecule has 3 heteroatoms. The molecule has 2 rings (SSSR count). The molecule has 2 unspecified atom stereocenters. The average Bonchev–Trinajstić information content (AvgIpc) is 2.46. The summed E-state index contributed by atoms with van der Waals surface area (Å²) >= 11 is 0.